The van der Waals surface area contributed by atoms with E-state index in [0.29, 0.717) is 5.82 Å². The predicted molar refractivity (Wildman–Crippen MR) is 45.2 cm³/mol. The quantitative estimate of drug-likeness (QED) is 0.556. The van der Waals surface area contributed by atoms with Gasteiger partial charge in [0.25, 0.3) is 0 Å². The monoisotopic (exact) mass is 184 g/mol. The SMILES string of the molecule is CSc1ccnc(CC(=O)O)n1. The minimum Gasteiger partial charge on any atom is -0.481 e. The van der Waals surface area contributed by atoms with Crippen LogP contribution in [0.2, 0.25) is 0 Å². The lowest BCUT2D eigenvalue weighted by Gasteiger charge is -1.97. The van der Waals surface area contributed by atoms with Gasteiger partial charge in [-0.15, -0.1) is 11.8 Å². The molecule has 0 saturated carbocycles. The molecule has 0 aliphatic heterocycles. The Kier molecular flexibility index (Phi) is 3.04. The Bertz CT molecular complexity index is 290. The summed E-state index contributed by atoms with van der Waals surface area (Å²) in [5.74, 6) is -0.553. The first-order valence-electron chi connectivity index (χ1n) is 3.30. The highest BCUT2D eigenvalue weighted by Crippen LogP contribution is 2.09. The Morgan fingerprint density at radius 1 is 1.75 bits per heavy atom. The highest BCUT2D eigenvalue weighted by Gasteiger charge is 2.03. The molecule has 5 heteroatoms. The van der Waals surface area contributed by atoms with Crippen molar-refractivity contribution in [1.82, 2.24) is 9.97 Å². The molecule has 4 nitrogen and oxygen atoms in total. The molecule has 1 aromatic rings. The van der Waals surface area contributed by atoms with Crippen molar-refractivity contribution in [2.45, 2.75) is 11.4 Å². The predicted octanol–water partition coefficient (Wildman–Crippen LogP) is 0.826. The van der Waals surface area contributed by atoms with E-state index in [9.17, 15) is 4.79 Å². The molecule has 0 atom stereocenters. The first-order chi connectivity index (χ1) is 5.72. The van der Waals surface area contributed by atoms with Crippen LogP contribution < -0.4 is 0 Å². The molecule has 0 aromatic carbocycles. The van der Waals surface area contributed by atoms with Gasteiger partial charge in [0.1, 0.15) is 12.2 Å². The molecule has 0 bridgehead atoms. The molecule has 0 amide bonds. The Hall–Kier alpha value is -1.10. The molecule has 0 radical (unpaired) electrons. The van der Waals surface area contributed by atoms with Gasteiger partial charge in [-0.25, -0.2) is 9.97 Å². The van der Waals surface area contributed by atoms with Gasteiger partial charge in [0.2, 0.25) is 0 Å². The number of hydrogen-bond acceptors (Lipinski definition) is 4. The third kappa shape index (κ3) is 2.50. The van der Waals surface area contributed by atoms with Crippen LogP contribution in [0.5, 0.6) is 0 Å². The standard InChI is InChI=1S/C7H8N2O2S/c1-12-6-2-3-8-5(9-6)4-7(10)11/h2-3H,4H2,1H3,(H,10,11). The van der Waals surface area contributed by atoms with Crippen molar-refractivity contribution < 1.29 is 9.90 Å². The van der Waals surface area contributed by atoms with Gasteiger partial charge in [0.15, 0.2) is 0 Å². The van der Waals surface area contributed by atoms with Crippen molar-refractivity contribution in [1.29, 1.82) is 0 Å². The summed E-state index contributed by atoms with van der Waals surface area (Å²) in [7, 11) is 0. The molecular formula is C7H8N2O2S. The van der Waals surface area contributed by atoms with Crippen LogP contribution in [0, 0.1) is 0 Å². The van der Waals surface area contributed by atoms with Crippen LogP contribution >= 0.6 is 11.8 Å². The number of aromatic nitrogens is 2. The molecule has 1 rings (SSSR count). The van der Waals surface area contributed by atoms with Gasteiger partial charge in [-0.05, 0) is 12.3 Å². The van der Waals surface area contributed by atoms with Crippen LogP contribution in [-0.4, -0.2) is 27.3 Å². The molecule has 1 heterocycles. The lowest BCUT2D eigenvalue weighted by molar-refractivity contribution is -0.136. The molecule has 1 aromatic heterocycles. The zero-order valence-electron chi connectivity index (χ0n) is 6.52. The van der Waals surface area contributed by atoms with E-state index < -0.39 is 5.97 Å². The van der Waals surface area contributed by atoms with Crippen molar-refractivity contribution in [3.8, 4) is 0 Å². The number of nitrogens with zero attached hydrogens (tertiary/aromatic N) is 2. The highest BCUT2D eigenvalue weighted by molar-refractivity contribution is 7.98. The topological polar surface area (TPSA) is 63.1 Å². The normalized spacial score (nSPS) is 9.75. The molecular weight excluding hydrogens is 176 g/mol. The van der Waals surface area contributed by atoms with Crippen molar-refractivity contribution >= 4 is 17.7 Å². The van der Waals surface area contributed by atoms with E-state index in [1.165, 1.54) is 11.8 Å². The van der Waals surface area contributed by atoms with Crippen LogP contribution in [0.15, 0.2) is 17.3 Å². The number of carbonyl (C=O) groups is 1. The highest BCUT2D eigenvalue weighted by atomic mass is 32.2. The maximum absolute atomic E-state index is 10.3. The summed E-state index contributed by atoms with van der Waals surface area (Å²) in [6.45, 7) is 0. The molecule has 0 unspecified atom stereocenters. The Morgan fingerprint density at radius 3 is 3.08 bits per heavy atom. The van der Waals surface area contributed by atoms with Crippen LogP contribution in [0.3, 0.4) is 0 Å². The van der Waals surface area contributed by atoms with Gasteiger partial charge in [-0.1, -0.05) is 0 Å². The van der Waals surface area contributed by atoms with E-state index in [0.717, 1.165) is 5.03 Å². The first-order valence-corrected chi connectivity index (χ1v) is 4.52. The maximum atomic E-state index is 10.3. The molecule has 12 heavy (non-hydrogen) atoms. The van der Waals surface area contributed by atoms with Crippen LogP contribution in [0.1, 0.15) is 5.82 Å². The lowest BCUT2D eigenvalue weighted by atomic mass is 10.4. The van der Waals surface area contributed by atoms with E-state index in [-0.39, 0.29) is 6.42 Å². The summed E-state index contributed by atoms with van der Waals surface area (Å²) in [6.07, 6.45) is 3.33. The van der Waals surface area contributed by atoms with Gasteiger partial charge in [0, 0.05) is 6.20 Å². The fourth-order valence-electron chi connectivity index (χ4n) is 0.715. The molecule has 64 valence electrons. The Labute approximate surface area is 74.0 Å². The first kappa shape index (κ1) is 8.99. The third-order valence-electron chi connectivity index (χ3n) is 1.20. The molecule has 0 saturated heterocycles. The number of aliphatic carboxylic acids is 1. The molecule has 0 fully saturated rings. The number of rotatable bonds is 3. The smallest absolute Gasteiger partial charge is 0.311 e. The van der Waals surface area contributed by atoms with E-state index in [2.05, 4.69) is 9.97 Å². The third-order valence-corrected chi connectivity index (χ3v) is 1.84. The zero-order chi connectivity index (χ0) is 8.97. The summed E-state index contributed by atoms with van der Waals surface area (Å²) in [5, 5.41) is 9.24. The minimum atomic E-state index is -0.909. The van der Waals surface area contributed by atoms with Gasteiger partial charge >= 0.3 is 5.97 Å². The second kappa shape index (κ2) is 4.06. The van der Waals surface area contributed by atoms with E-state index in [4.69, 9.17) is 5.11 Å². The van der Waals surface area contributed by atoms with E-state index in [1.54, 1.807) is 12.3 Å². The second-order valence-corrected chi connectivity index (χ2v) is 2.91. The molecule has 0 aliphatic rings. The Morgan fingerprint density at radius 2 is 2.50 bits per heavy atom. The summed E-state index contributed by atoms with van der Waals surface area (Å²) < 4.78 is 0. The fraction of sp³-hybridized carbons (Fsp3) is 0.286. The molecule has 0 aliphatic carbocycles. The number of thioether (sulfide) groups is 1. The van der Waals surface area contributed by atoms with E-state index >= 15 is 0 Å². The fourth-order valence-corrected chi connectivity index (χ4v) is 1.11. The average Bonchev–Trinajstić information content (AvgIpc) is 2.03. The number of carboxylic acids is 1. The van der Waals surface area contributed by atoms with Crippen molar-refractivity contribution in [2.75, 3.05) is 6.26 Å². The van der Waals surface area contributed by atoms with Crippen molar-refractivity contribution in [2.24, 2.45) is 0 Å². The van der Waals surface area contributed by atoms with E-state index in [1.807, 2.05) is 6.26 Å². The van der Waals surface area contributed by atoms with Crippen molar-refractivity contribution in [3.63, 3.8) is 0 Å². The molecule has 1 N–H and O–H groups in total. The van der Waals surface area contributed by atoms with Gasteiger partial charge < -0.3 is 5.11 Å². The zero-order valence-corrected chi connectivity index (χ0v) is 7.34. The molecule has 0 spiro atoms. The number of carboxylic acid groups (broad SMARTS) is 1. The largest absolute Gasteiger partial charge is 0.481 e. The van der Waals surface area contributed by atoms with Crippen LogP contribution in [0.4, 0.5) is 0 Å². The lowest BCUT2D eigenvalue weighted by Crippen LogP contribution is -2.04. The second-order valence-electron chi connectivity index (χ2n) is 2.09. The van der Waals surface area contributed by atoms with Gasteiger partial charge in [-0.3, -0.25) is 4.79 Å². The summed E-state index contributed by atoms with van der Waals surface area (Å²) in [6, 6.07) is 1.75. The van der Waals surface area contributed by atoms with Crippen LogP contribution in [0.25, 0.3) is 0 Å². The maximum Gasteiger partial charge on any atom is 0.311 e. The summed E-state index contributed by atoms with van der Waals surface area (Å²) in [5.41, 5.74) is 0. The summed E-state index contributed by atoms with van der Waals surface area (Å²) in [4.78, 5) is 18.1. The van der Waals surface area contributed by atoms with Gasteiger partial charge in [-0.2, -0.15) is 0 Å². The minimum absolute atomic E-state index is 0.117. The van der Waals surface area contributed by atoms with Crippen molar-refractivity contribution in [3.05, 3.63) is 18.1 Å². The summed E-state index contributed by atoms with van der Waals surface area (Å²) >= 11 is 1.47. The number of hydrogen-bond donors (Lipinski definition) is 1. The Balaban J connectivity index is 2.79. The average molecular weight is 184 g/mol. The van der Waals surface area contributed by atoms with Gasteiger partial charge in [0.05, 0.1) is 5.03 Å². The van der Waals surface area contributed by atoms with Crippen LogP contribution in [-0.2, 0) is 11.2 Å².